The quantitative estimate of drug-likeness (QED) is 0.902. The molecule has 1 aliphatic heterocycles. The predicted molar refractivity (Wildman–Crippen MR) is 83.1 cm³/mol. The molecule has 0 fully saturated rings. The molecule has 0 amide bonds. The second-order valence-corrected chi connectivity index (χ2v) is 5.49. The molecule has 2 heteroatoms. The number of para-hydroxylation sites is 1. The lowest BCUT2D eigenvalue weighted by atomic mass is 10.0. The summed E-state index contributed by atoms with van der Waals surface area (Å²) in [5.74, 6) is 0. The minimum Gasteiger partial charge on any atom is -0.389 e. The van der Waals surface area contributed by atoms with Crippen LogP contribution >= 0.6 is 0 Å². The fraction of sp³-hybridized carbons (Fsp3) is 0.333. The van der Waals surface area contributed by atoms with Crippen LogP contribution in [0.2, 0.25) is 0 Å². The molecule has 1 aliphatic rings. The number of hydrogen-bond donors (Lipinski definition) is 1. The van der Waals surface area contributed by atoms with E-state index in [1.54, 1.807) is 0 Å². The van der Waals surface area contributed by atoms with E-state index in [0.717, 1.165) is 31.5 Å². The topological polar surface area (TPSA) is 23.5 Å². The first-order valence-corrected chi connectivity index (χ1v) is 7.34. The second kappa shape index (κ2) is 5.68. The fourth-order valence-electron chi connectivity index (χ4n) is 3.04. The lowest BCUT2D eigenvalue weighted by Gasteiger charge is -2.26. The summed E-state index contributed by atoms with van der Waals surface area (Å²) in [7, 11) is 0. The van der Waals surface area contributed by atoms with Crippen LogP contribution in [0.1, 0.15) is 29.7 Å². The Morgan fingerprint density at radius 2 is 1.45 bits per heavy atom. The summed E-state index contributed by atoms with van der Waals surface area (Å²) < 4.78 is 0. The largest absolute Gasteiger partial charge is 0.389 e. The first-order chi connectivity index (χ1) is 9.75. The maximum atomic E-state index is 9.95. The average molecular weight is 267 g/mol. The van der Waals surface area contributed by atoms with Gasteiger partial charge in [-0.15, -0.1) is 0 Å². The molecule has 1 heterocycles. The van der Waals surface area contributed by atoms with Crippen LogP contribution in [0.5, 0.6) is 0 Å². The van der Waals surface area contributed by atoms with Crippen molar-refractivity contribution in [3.8, 4) is 0 Å². The summed E-state index contributed by atoms with van der Waals surface area (Å²) in [6, 6.07) is 16.9. The van der Waals surface area contributed by atoms with Crippen molar-refractivity contribution < 1.29 is 5.11 Å². The number of aliphatic hydroxyl groups is 1. The van der Waals surface area contributed by atoms with Crippen molar-refractivity contribution in [2.24, 2.45) is 0 Å². The van der Waals surface area contributed by atoms with Gasteiger partial charge in [-0.2, -0.15) is 0 Å². The van der Waals surface area contributed by atoms with E-state index in [0.29, 0.717) is 0 Å². The summed E-state index contributed by atoms with van der Waals surface area (Å²) in [4.78, 5) is 2.40. The Labute approximate surface area is 120 Å². The third-order valence-corrected chi connectivity index (χ3v) is 4.15. The van der Waals surface area contributed by atoms with Gasteiger partial charge in [-0.25, -0.2) is 0 Å². The Balaban J connectivity index is 1.87. The number of aliphatic hydroxyl groups excluding tert-OH is 1. The zero-order valence-electron chi connectivity index (χ0n) is 11.9. The third kappa shape index (κ3) is 2.56. The van der Waals surface area contributed by atoms with Crippen molar-refractivity contribution in [2.45, 2.75) is 25.9 Å². The van der Waals surface area contributed by atoms with Gasteiger partial charge in [-0.05, 0) is 37.0 Å². The normalized spacial score (nSPS) is 16.4. The Bertz CT molecular complexity index is 564. The number of fused-ring (bicyclic) bond motifs is 1. The highest BCUT2D eigenvalue weighted by Gasteiger charge is 2.17. The zero-order chi connectivity index (χ0) is 13.9. The number of benzene rings is 2. The number of rotatable bonds is 2. The van der Waals surface area contributed by atoms with Gasteiger partial charge >= 0.3 is 0 Å². The van der Waals surface area contributed by atoms with Crippen molar-refractivity contribution in [3.63, 3.8) is 0 Å². The zero-order valence-corrected chi connectivity index (χ0v) is 11.9. The standard InChI is InChI=1S/C18H21NO/c1-14(20)17-8-4-5-9-18(17)19-12-10-15-6-2-3-7-16(15)11-13-19/h2-9,14,20H,10-13H2,1H3. The van der Waals surface area contributed by atoms with Gasteiger partial charge in [0.25, 0.3) is 0 Å². The van der Waals surface area contributed by atoms with Gasteiger partial charge < -0.3 is 10.0 Å². The smallest absolute Gasteiger partial charge is 0.0781 e. The molecule has 20 heavy (non-hydrogen) atoms. The van der Waals surface area contributed by atoms with Crippen LogP contribution in [0.15, 0.2) is 48.5 Å². The summed E-state index contributed by atoms with van der Waals surface area (Å²) in [5, 5.41) is 9.95. The highest BCUT2D eigenvalue weighted by atomic mass is 16.3. The number of anilines is 1. The molecule has 1 unspecified atom stereocenters. The molecule has 0 aliphatic carbocycles. The minimum atomic E-state index is -0.420. The molecular formula is C18H21NO. The monoisotopic (exact) mass is 267 g/mol. The molecule has 1 atom stereocenters. The Hall–Kier alpha value is -1.80. The molecule has 0 bridgehead atoms. The van der Waals surface area contributed by atoms with Gasteiger partial charge in [0, 0.05) is 24.3 Å². The van der Waals surface area contributed by atoms with E-state index in [2.05, 4.69) is 41.3 Å². The molecule has 0 spiro atoms. The van der Waals surface area contributed by atoms with Crippen LogP contribution in [0.25, 0.3) is 0 Å². The van der Waals surface area contributed by atoms with Crippen molar-refractivity contribution in [1.82, 2.24) is 0 Å². The van der Waals surface area contributed by atoms with E-state index in [-0.39, 0.29) is 0 Å². The van der Waals surface area contributed by atoms with Crippen LogP contribution in [0.3, 0.4) is 0 Å². The highest BCUT2D eigenvalue weighted by Crippen LogP contribution is 2.28. The molecule has 104 valence electrons. The van der Waals surface area contributed by atoms with Crippen molar-refractivity contribution >= 4 is 5.69 Å². The Morgan fingerprint density at radius 1 is 0.900 bits per heavy atom. The molecule has 2 aromatic rings. The first kappa shape index (κ1) is 13.2. The van der Waals surface area contributed by atoms with Crippen LogP contribution in [-0.4, -0.2) is 18.2 Å². The van der Waals surface area contributed by atoms with Crippen LogP contribution in [0, 0.1) is 0 Å². The van der Waals surface area contributed by atoms with Crippen molar-refractivity contribution in [1.29, 1.82) is 0 Å². The molecular weight excluding hydrogens is 246 g/mol. The molecule has 0 aromatic heterocycles. The average Bonchev–Trinajstić information content (AvgIpc) is 2.70. The number of hydrogen-bond acceptors (Lipinski definition) is 2. The van der Waals surface area contributed by atoms with E-state index >= 15 is 0 Å². The predicted octanol–water partition coefficient (Wildman–Crippen LogP) is 3.35. The van der Waals surface area contributed by atoms with Crippen molar-refractivity contribution in [2.75, 3.05) is 18.0 Å². The SMILES string of the molecule is CC(O)c1ccccc1N1CCc2ccccc2CC1. The molecule has 2 nitrogen and oxygen atoms in total. The lowest BCUT2D eigenvalue weighted by Crippen LogP contribution is -2.27. The van der Waals surface area contributed by atoms with Gasteiger partial charge in [-0.1, -0.05) is 42.5 Å². The van der Waals surface area contributed by atoms with Crippen molar-refractivity contribution in [3.05, 3.63) is 65.2 Å². The Morgan fingerprint density at radius 3 is 2.05 bits per heavy atom. The fourth-order valence-corrected chi connectivity index (χ4v) is 3.04. The van der Waals surface area contributed by atoms with Gasteiger partial charge in [-0.3, -0.25) is 0 Å². The summed E-state index contributed by atoms with van der Waals surface area (Å²) in [6.45, 7) is 3.87. The van der Waals surface area contributed by atoms with E-state index in [1.165, 1.54) is 16.8 Å². The maximum absolute atomic E-state index is 9.95. The van der Waals surface area contributed by atoms with Crippen LogP contribution in [0.4, 0.5) is 5.69 Å². The van der Waals surface area contributed by atoms with E-state index < -0.39 is 6.10 Å². The maximum Gasteiger partial charge on any atom is 0.0781 e. The number of nitrogens with zero attached hydrogens (tertiary/aromatic N) is 1. The van der Waals surface area contributed by atoms with Crippen LogP contribution < -0.4 is 4.90 Å². The summed E-state index contributed by atoms with van der Waals surface area (Å²) >= 11 is 0. The van der Waals surface area contributed by atoms with Gasteiger partial charge in [0.05, 0.1) is 6.10 Å². The second-order valence-electron chi connectivity index (χ2n) is 5.49. The van der Waals surface area contributed by atoms with Crippen LogP contribution in [-0.2, 0) is 12.8 Å². The first-order valence-electron chi connectivity index (χ1n) is 7.34. The minimum absolute atomic E-state index is 0.420. The van der Waals surface area contributed by atoms with Gasteiger partial charge in [0.15, 0.2) is 0 Å². The van der Waals surface area contributed by atoms with Gasteiger partial charge in [0.2, 0.25) is 0 Å². The molecule has 1 N–H and O–H groups in total. The molecule has 0 radical (unpaired) electrons. The summed E-state index contributed by atoms with van der Waals surface area (Å²) in [6.07, 6.45) is 1.73. The molecule has 0 saturated carbocycles. The third-order valence-electron chi connectivity index (χ3n) is 4.15. The van der Waals surface area contributed by atoms with E-state index in [9.17, 15) is 5.11 Å². The molecule has 0 saturated heterocycles. The lowest BCUT2D eigenvalue weighted by molar-refractivity contribution is 0.199. The summed E-state index contributed by atoms with van der Waals surface area (Å²) in [5.41, 5.74) is 5.13. The Kier molecular flexibility index (Phi) is 3.75. The molecule has 2 aromatic carbocycles. The van der Waals surface area contributed by atoms with Gasteiger partial charge in [0.1, 0.15) is 0 Å². The molecule has 3 rings (SSSR count). The highest BCUT2D eigenvalue weighted by molar-refractivity contribution is 5.55. The van der Waals surface area contributed by atoms with E-state index in [4.69, 9.17) is 0 Å². The van der Waals surface area contributed by atoms with E-state index in [1.807, 2.05) is 19.1 Å².